The molecule has 8 nitrogen and oxygen atoms in total. The standard InChI is InChI=1S/C26H26N4O4/c1-2-3-16-30-23-12-5-4-9-21(23)28-22(26(30)33)13-14-25(32)34-17-24(31)29-20-11-6-10-19-18(20)8-7-15-27-19/h4-12,15H,2-3,13-14,16-17H2,1H3,(H,29,31). The molecule has 2 heterocycles. The van der Waals surface area contributed by atoms with Crippen LogP contribution in [0.15, 0.2) is 65.6 Å². The van der Waals surface area contributed by atoms with Gasteiger partial charge in [-0.2, -0.15) is 0 Å². The number of nitrogens with one attached hydrogen (secondary N) is 1. The highest BCUT2D eigenvalue weighted by atomic mass is 16.5. The maximum Gasteiger partial charge on any atom is 0.306 e. The van der Waals surface area contributed by atoms with Gasteiger partial charge in [0.05, 0.1) is 28.7 Å². The molecule has 8 heteroatoms. The molecule has 0 spiro atoms. The summed E-state index contributed by atoms with van der Waals surface area (Å²) in [5, 5.41) is 3.55. The Kier molecular flexibility index (Phi) is 7.27. The topological polar surface area (TPSA) is 103 Å². The van der Waals surface area contributed by atoms with Gasteiger partial charge in [0.2, 0.25) is 0 Å². The molecule has 2 aromatic carbocycles. The van der Waals surface area contributed by atoms with E-state index in [1.807, 2.05) is 36.4 Å². The van der Waals surface area contributed by atoms with Crippen LogP contribution in [0.2, 0.25) is 0 Å². The quantitative estimate of drug-likeness (QED) is 0.382. The lowest BCUT2D eigenvalue weighted by atomic mass is 10.2. The average Bonchev–Trinajstić information content (AvgIpc) is 2.86. The summed E-state index contributed by atoms with van der Waals surface area (Å²) in [6.07, 6.45) is 3.61. The Labute approximate surface area is 196 Å². The number of amides is 1. The molecular formula is C26H26N4O4. The van der Waals surface area contributed by atoms with Gasteiger partial charge in [-0.3, -0.25) is 19.4 Å². The molecule has 0 aliphatic rings. The molecule has 174 valence electrons. The maximum absolute atomic E-state index is 13.0. The van der Waals surface area contributed by atoms with Crippen molar-refractivity contribution in [1.29, 1.82) is 0 Å². The second kappa shape index (κ2) is 10.7. The zero-order chi connectivity index (χ0) is 23.9. The van der Waals surface area contributed by atoms with Crippen molar-refractivity contribution < 1.29 is 14.3 Å². The van der Waals surface area contributed by atoms with Crippen LogP contribution >= 0.6 is 0 Å². The third kappa shape index (κ3) is 5.28. The van der Waals surface area contributed by atoms with Crippen molar-refractivity contribution in [3.05, 3.63) is 76.8 Å². The van der Waals surface area contributed by atoms with E-state index in [4.69, 9.17) is 4.74 Å². The van der Waals surface area contributed by atoms with Gasteiger partial charge in [0.25, 0.3) is 11.5 Å². The number of carbonyl (C=O) groups excluding carboxylic acids is 2. The molecule has 0 saturated heterocycles. The lowest BCUT2D eigenvalue weighted by Crippen LogP contribution is -2.27. The van der Waals surface area contributed by atoms with E-state index < -0.39 is 18.5 Å². The smallest absolute Gasteiger partial charge is 0.306 e. The number of nitrogens with zero attached hydrogens (tertiary/aromatic N) is 3. The van der Waals surface area contributed by atoms with Crippen LogP contribution in [0.4, 0.5) is 5.69 Å². The fraction of sp³-hybridized carbons (Fsp3) is 0.269. The van der Waals surface area contributed by atoms with Gasteiger partial charge >= 0.3 is 5.97 Å². The van der Waals surface area contributed by atoms with Crippen molar-refractivity contribution in [3.8, 4) is 0 Å². The number of ether oxygens (including phenoxy) is 1. The predicted octanol–water partition coefficient (Wildman–Crippen LogP) is 3.86. The number of rotatable bonds is 9. The van der Waals surface area contributed by atoms with E-state index in [1.165, 1.54) is 0 Å². The molecule has 4 rings (SSSR count). The molecule has 0 radical (unpaired) electrons. The Balaban J connectivity index is 1.37. The normalized spacial score (nSPS) is 11.0. The van der Waals surface area contributed by atoms with Crippen molar-refractivity contribution in [1.82, 2.24) is 14.5 Å². The number of fused-ring (bicyclic) bond motifs is 2. The van der Waals surface area contributed by atoms with Gasteiger partial charge in [-0.25, -0.2) is 4.98 Å². The summed E-state index contributed by atoms with van der Waals surface area (Å²) in [6.45, 7) is 2.25. The minimum atomic E-state index is -0.566. The highest BCUT2D eigenvalue weighted by Crippen LogP contribution is 2.21. The molecule has 4 aromatic rings. The molecule has 1 N–H and O–H groups in total. The number of benzene rings is 2. The van der Waals surface area contributed by atoms with Crippen molar-refractivity contribution in [2.24, 2.45) is 0 Å². The van der Waals surface area contributed by atoms with Gasteiger partial charge in [-0.15, -0.1) is 0 Å². The van der Waals surface area contributed by atoms with Gasteiger partial charge < -0.3 is 14.6 Å². The summed E-state index contributed by atoms with van der Waals surface area (Å²) in [7, 11) is 0. The van der Waals surface area contributed by atoms with E-state index in [2.05, 4.69) is 22.2 Å². The lowest BCUT2D eigenvalue weighted by Gasteiger charge is -2.12. The van der Waals surface area contributed by atoms with Crippen LogP contribution in [0.25, 0.3) is 21.9 Å². The summed E-state index contributed by atoms with van der Waals surface area (Å²) in [5.74, 6) is -1.01. The second-order valence-corrected chi connectivity index (χ2v) is 7.94. The predicted molar refractivity (Wildman–Crippen MR) is 131 cm³/mol. The molecule has 0 aliphatic carbocycles. The molecule has 0 fully saturated rings. The average molecular weight is 459 g/mol. The number of esters is 1. The molecule has 0 atom stereocenters. The number of hydrogen-bond acceptors (Lipinski definition) is 6. The molecule has 0 unspecified atom stereocenters. The van der Waals surface area contributed by atoms with Gasteiger partial charge in [0.1, 0.15) is 5.69 Å². The minimum absolute atomic E-state index is 0.0418. The number of aryl methyl sites for hydroxylation is 2. The molecular weight excluding hydrogens is 432 g/mol. The summed E-state index contributed by atoms with van der Waals surface area (Å²) < 4.78 is 6.85. The molecule has 0 bridgehead atoms. The minimum Gasteiger partial charge on any atom is -0.456 e. The summed E-state index contributed by atoms with van der Waals surface area (Å²) in [5.41, 5.74) is 2.98. The van der Waals surface area contributed by atoms with Crippen molar-refractivity contribution in [2.45, 2.75) is 39.2 Å². The summed E-state index contributed by atoms with van der Waals surface area (Å²) >= 11 is 0. The zero-order valence-corrected chi connectivity index (χ0v) is 19.0. The van der Waals surface area contributed by atoms with Gasteiger partial charge in [-0.05, 0) is 42.8 Å². The number of anilines is 1. The number of aromatic nitrogens is 3. The number of unbranched alkanes of at least 4 members (excludes halogenated alkanes) is 1. The van der Waals surface area contributed by atoms with Crippen LogP contribution in [-0.4, -0.2) is 33.0 Å². The maximum atomic E-state index is 13.0. The van der Waals surface area contributed by atoms with Crippen LogP contribution in [0.3, 0.4) is 0 Å². The Morgan fingerprint density at radius 1 is 1.03 bits per heavy atom. The van der Waals surface area contributed by atoms with E-state index >= 15 is 0 Å². The van der Waals surface area contributed by atoms with E-state index in [9.17, 15) is 14.4 Å². The van der Waals surface area contributed by atoms with Crippen molar-refractivity contribution in [3.63, 3.8) is 0 Å². The first-order valence-corrected chi connectivity index (χ1v) is 11.3. The number of pyridine rings is 1. The third-order valence-corrected chi connectivity index (χ3v) is 5.51. The number of hydrogen-bond donors (Lipinski definition) is 1. The number of para-hydroxylation sites is 2. The third-order valence-electron chi connectivity index (χ3n) is 5.51. The zero-order valence-electron chi connectivity index (χ0n) is 19.0. The highest BCUT2D eigenvalue weighted by Gasteiger charge is 2.14. The van der Waals surface area contributed by atoms with Gasteiger partial charge in [-0.1, -0.05) is 31.5 Å². The van der Waals surface area contributed by atoms with Crippen LogP contribution in [0.5, 0.6) is 0 Å². The van der Waals surface area contributed by atoms with E-state index in [0.717, 1.165) is 29.3 Å². The van der Waals surface area contributed by atoms with Crippen LogP contribution < -0.4 is 10.9 Å². The van der Waals surface area contributed by atoms with Gasteiger partial charge in [0, 0.05) is 24.5 Å². The molecule has 0 aliphatic heterocycles. The fourth-order valence-electron chi connectivity index (χ4n) is 3.78. The van der Waals surface area contributed by atoms with E-state index in [0.29, 0.717) is 23.4 Å². The van der Waals surface area contributed by atoms with E-state index in [1.54, 1.807) is 29.0 Å². The van der Waals surface area contributed by atoms with Crippen LogP contribution in [0, 0.1) is 0 Å². The van der Waals surface area contributed by atoms with Crippen molar-refractivity contribution in [2.75, 3.05) is 11.9 Å². The Morgan fingerprint density at radius 3 is 2.71 bits per heavy atom. The highest BCUT2D eigenvalue weighted by molar-refractivity contribution is 6.01. The Bertz CT molecular complexity index is 1390. The van der Waals surface area contributed by atoms with Crippen LogP contribution in [-0.2, 0) is 27.3 Å². The SMILES string of the molecule is CCCCn1c(=O)c(CCC(=O)OCC(=O)Nc2cccc3ncccc23)nc2ccccc21. The first-order valence-electron chi connectivity index (χ1n) is 11.3. The Hall–Kier alpha value is -4.07. The van der Waals surface area contributed by atoms with Gasteiger partial charge in [0.15, 0.2) is 6.61 Å². The Morgan fingerprint density at radius 2 is 1.85 bits per heavy atom. The first kappa shape index (κ1) is 23.1. The molecule has 2 aromatic heterocycles. The largest absolute Gasteiger partial charge is 0.456 e. The fourth-order valence-corrected chi connectivity index (χ4v) is 3.78. The molecule has 1 amide bonds. The monoisotopic (exact) mass is 458 g/mol. The van der Waals surface area contributed by atoms with E-state index in [-0.39, 0.29) is 18.4 Å². The van der Waals surface area contributed by atoms with Crippen molar-refractivity contribution >= 4 is 39.5 Å². The number of carbonyl (C=O) groups is 2. The lowest BCUT2D eigenvalue weighted by molar-refractivity contribution is -0.147. The first-order chi connectivity index (χ1) is 16.6. The molecule has 34 heavy (non-hydrogen) atoms. The molecule has 0 saturated carbocycles. The summed E-state index contributed by atoms with van der Waals surface area (Å²) in [4.78, 5) is 46.3. The second-order valence-electron chi connectivity index (χ2n) is 7.94. The summed E-state index contributed by atoms with van der Waals surface area (Å²) in [6, 6.07) is 16.5. The van der Waals surface area contributed by atoms with Crippen LogP contribution in [0.1, 0.15) is 31.9 Å².